The Morgan fingerprint density at radius 2 is 2.07 bits per heavy atom. The van der Waals surface area contributed by atoms with E-state index >= 15 is 0 Å². The molecule has 0 aliphatic carbocycles. The van der Waals surface area contributed by atoms with E-state index in [-0.39, 0.29) is 17.9 Å². The molecular formula is C24H30N4O2. The van der Waals surface area contributed by atoms with Crippen molar-refractivity contribution in [3.05, 3.63) is 53.6 Å². The summed E-state index contributed by atoms with van der Waals surface area (Å²) in [4.78, 5) is 23.1. The normalized spacial score (nSPS) is 16.8. The fraction of sp³-hybridized carbons (Fsp3) is 0.417. The SMILES string of the molecule is Cc1ccc2nc(N3CCCC(C(=O)NCc4ccc(OC(C)C)cc4)C3)[nH]c2c1. The fourth-order valence-corrected chi connectivity index (χ4v) is 3.93. The molecule has 158 valence electrons. The lowest BCUT2D eigenvalue weighted by Crippen LogP contribution is -2.43. The van der Waals surface area contributed by atoms with Crippen LogP contribution in [0.3, 0.4) is 0 Å². The molecule has 1 unspecified atom stereocenters. The van der Waals surface area contributed by atoms with Crippen LogP contribution in [0, 0.1) is 12.8 Å². The van der Waals surface area contributed by atoms with Crippen molar-refractivity contribution in [2.75, 3.05) is 18.0 Å². The number of carbonyl (C=O) groups excluding carboxylic acids is 1. The van der Waals surface area contributed by atoms with Gasteiger partial charge in [0.1, 0.15) is 5.75 Å². The number of anilines is 1. The lowest BCUT2D eigenvalue weighted by Gasteiger charge is -2.31. The van der Waals surface area contributed by atoms with Crippen LogP contribution in [0.4, 0.5) is 5.95 Å². The van der Waals surface area contributed by atoms with Gasteiger partial charge in [-0.15, -0.1) is 0 Å². The Morgan fingerprint density at radius 3 is 2.83 bits per heavy atom. The van der Waals surface area contributed by atoms with E-state index in [2.05, 4.69) is 34.3 Å². The first-order valence-corrected chi connectivity index (χ1v) is 10.7. The Balaban J connectivity index is 1.35. The third-order valence-electron chi connectivity index (χ3n) is 5.48. The zero-order valence-electron chi connectivity index (χ0n) is 17.9. The lowest BCUT2D eigenvalue weighted by atomic mass is 9.97. The first-order chi connectivity index (χ1) is 14.5. The summed E-state index contributed by atoms with van der Waals surface area (Å²) in [5.41, 5.74) is 4.28. The molecule has 1 amide bonds. The molecule has 2 heterocycles. The van der Waals surface area contributed by atoms with E-state index < -0.39 is 0 Å². The Morgan fingerprint density at radius 1 is 1.27 bits per heavy atom. The standard InChI is InChI=1S/C24H30N4O2/c1-16(2)30-20-9-7-18(8-10-20)14-25-23(29)19-5-4-12-28(15-19)24-26-21-11-6-17(3)13-22(21)27-24/h6-11,13,16,19H,4-5,12,14-15H2,1-3H3,(H,25,29)(H,26,27). The van der Waals surface area contributed by atoms with Gasteiger partial charge in [-0.05, 0) is 69.0 Å². The number of rotatable bonds is 6. The van der Waals surface area contributed by atoms with Gasteiger partial charge in [0.05, 0.1) is 23.1 Å². The second kappa shape index (κ2) is 8.78. The van der Waals surface area contributed by atoms with Crippen LogP contribution < -0.4 is 15.0 Å². The summed E-state index contributed by atoms with van der Waals surface area (Å²) in [5, 5.41) is 3.10. The quantitative estimate of drug-likeness (QED) is 0.644. The van der Waals surface area contributed by atoms with Crippen LogP contribution >= 0.6 is 0 Å². The molecule has 0 spiro atoms. The first kappa shape index (κ1) is 20.3. The van der Waals surface area contributed by atoms with Crippen LogP contribution in [0.5, 0.6) is 5.75 Å². The Kier molecular flexibility index (Phi) is 5.93. The monoisotopic (exact) mass is 406 g/mol. The number of carbonyl (C=O) groups is 1. The van der Waals surface area contributed by atoms with Crippen molar-refractivity contribution in [3.8, 4) is 5.75 Å². The molecule has 6 nitrogen and oxygen atoms in total. The number of aromatic amines is 1. The maximum atomic E-state index is 12.8. The lowest BCUT2D eigenvalue weighted by molar-refractivity contribution is -0.125. The van der Waals surface area contributed by atoms with Crippen LogP contribution in [0.2, 0.25) is 0 Å². The van der Waals surface area contributed by atoms with Gasteiger partial charge in [-0.1, -0.05) is 18.2 Å². The zero-order chi connectivity index (χ0) is 21.1. The molecular weight excluding hydrogens is 376 g/mol. The molecule has 30 heavy (non-hydrogen) atoms. The minimum atomic E-state index is -0.0303. The number of nitrogens with zero attached hydrogens (tertiary/aromatic N) is 2. The fourth-order valence-electron chi connectivity index (χ4n) is 3.93. The number of ether oxygens (including phenoxy) is 1. The van der Waals surface area contributed by atoms with Gasteiger partial charge < -0.3 is 19.9 Å². The van der Waals surface area contributed by atoms with Gasteiger partial charge in [0.2, 0.25) is 11.9 Å². The third-order valence-corrected chi connectivity index (χ3v) is 5.48. The Hall–Kier alpha value is -3.02. The number of hydrogen-bond acceptors (Lipinski definition) is 4. The summed E-state index contributed by atoms with van der Waals surface area (Å²) < 4.78 is 5.67. The molecule has 6 heteroatoms. The van der Waals surface area contributed by atoms with E-state index in [1.54, 1.807) is 0 Å². The smallest absolute Gasteiger partial charge is 0.225 e. The highest BCUT2D eigenvalue weighted by Gasteiger charge is 2.27. The summed E-state index contributed by atoms with van der Waals surface area (Å²) in [6.07, 6.45) is 2.04. The molecule has 1 atom stereocenters. The van der Waals surface area contributed by atoms with E-state index in [1.165, 1.54) is 5.56 Å². The molecule has 1 aliphatic rings. The van der Waals surface area contributed by atoms with Gasteiger partial charge in [-0.2, -0.15) is 0 Å². The zero-order valence-corrected chi connectivity index (χ0v) is 17.9. The van der Waals surface area contributed by atoms with Crippen LogP contribution in [-0.2, 0) is 11.3 Å². The maximum Gasteiger partial charge on any atom is 0.225 e. The molecule has 4 rings (SSSR count). The van der Waals surface area contributed by atoms with Gasteiger partial charge in [0, 0.05) is 19.6 Å². The predicted octanol–water partition coefficient (Wildman–Crippen LogP) is 4.19. The van der Waals surface area contributed by atoms with Crippen LogP contribution in [0.1, 0.15) is 37.8 Å². The number of fused-ring (bicyclic) bond motifs is 1. The highest BCUT2D eigenvalue weighted by Crippen LogP contribution is 2.24. The van der Waals surface area contributed by atoms with Crippen molar-refractivity contribution >= 4 is 22.9 Å². The second-order valence-electron chi connectivity index (χ2n) is 8.39. The number of benzene rings is 2. The number of imidazole rings is 1. The molecule has 3 aromatic rings. The Bertz CT molecular complexity index is 1010. The summed E-state index contributed by atoms with van der Waals surface area (Å²) in [5.74, 6) is 1.78. The highest BCUT2D eigenvalue weighted by atomic mass is 16.5. The molecule has 2 N–H and O–H groups in total. The second-order valence-corrected chi connectivity index (χ2v) is 8.39. The van der Waals surface area contributed by atoms with Crippen molar-refractivity contribution in [1.82, 2.24) is 15.3 Å². The van der Waals surface area contributed by atoms with Gasteiger partial charge in [-0.3, -0.25) is 4.79 Å². The van der Waals surface area contributed by atoms with Crippen molar-refractivity contribution in [1.29, 1.82) is 0 Å². The number of hydrogen-bond donors (Lipinski definition) is 2. The van der Waals surface area contributed by atoms with E-state index in [9.17, 15) is 4.79 Å². The van der Waals surface area contributed by atoms with Gasteiger partial charge >= 0.3 is 0 Å². The predicted molar refractivity (Wildman–Crippen MR) is 120 cm³/mol. The summed E-state index contributed by atoms with van der Waals surface area (Å²) >= 11 is 0. The molecule has 1 saturated heterocycles. The van der Waals surface area contributed by atoms with E-state index in [1.807, 2.05) is 44.2 Å². The molecule has 0 bridgehead atoms. The maximum absolute atomic E-state index is 12.8. The number of H-pyrrole nitrogens is 1. The minimum absolute atomic E-state index is 0.0303. The van der Waals surface area contributed by atoms with Crippen molar-refractivity contribution in [2.45, 2.75) is 46.3 Å². The topological polar surface area (TPSA) is 70.2 Å². The number of amides is 1. The van der Waals surface area contributed by atoms with Gasteiger partial charge in [-0.25, -0.2) is 4.98 Å². The molecule has 2 aromatic carbocycles. The first-order valence-electron chi connectivity index (χ1n) is 10.7. The van der Waals surface area contributed by atoms with Crippen molar-refractivity contribution in [2.24, 2.45) is 5.92 Å². The third kappa shape index (κ3) is 4.75. The molecule has 1 fully saturated rings. The van der Waals surface area contributed by atoms with Gasteiger partial charge in [0.25, 0.3) is 0 Å². The average Bonchev–Trinajstić information content (AvgIpc) is 3.16. The highest BCUT2D eigenvalue weighted by molar-refractivity contribution is 5.80. The number of aromatic nitrogens is 2. The van der Waals surface area contributed by atoms with Crippen molar-refractivity contribution in [3.63, 3.8) is 0 Å². The van der Waals surface area contributed by atoms with Crippen LogP contribution in [0.25, 0.3) is 11.0 Å². The van der Waals surface area contributed by atoms with Crippen LogP contribution in [0.15, 0.2) is 42.5 Å². The summed E-state index contributed by atoms with van der Waals surface area (Å²) in [6, 6.07) is 14.1. The van der Waals surface area contributed by atoms with E-state index in [4.69, 9.17) is 9.72 Å². The summed E-state index contributed by atoms with van der Waals surface area (Å²) in [6.45, 7) is 8.22. The van der Waals surface area contributed by atoms with Crippen molar-refractivity contribution < 1.29 is 9.53 Å². The Labute approximate surface area is 177 Å². The summed E-state index contributed by atoms with van der Waals surface area (Å²) in [7, 11) is 0. The number of piperidine rings is 1. The average molecular weight is 407 g/mol. The minimum Gasteiger partial charge on any atom is -0.491 e. The molecule has 0 saturated carbocycles. The molecule has 0 radical (unpaired) electrons. The number of aryl methyl sites for hydroxylation is 1. The van der Waals surface area contributed by atoms with Crippen LogP contribution in [-0.4, -0.2) is 35.1 Å². The van der Waals surface area contributed by atoms with E-state index in [0.717, 1.165) is 47.7 Å². The van der Waals surface area contributed by atoms with Gasteiger partial charge in [0.15, 0.2) is 0 Å². The van der Waals surface area contributed by atoms with E-state index in [0.29, 0.717) is 13.1 Å². The largest absolute Gasteiger partial charge is 0.491 e. The molecule has 1 aliphatic heterocycles. The number of nitrogens with one attached hydrogen (secondary N) is 2. The molecule has 1 aromatic heterocycles.